The highest BCUT2D eigenvalue weighted by atomic mass is 15.2. The summed E-state index contributed by atoms with van der Waals surface area (Å²) in [6, 6.07) is 21.1. The van der Waals surface area contributed by atoms with E-state index in [0.29, 0.717) is 0 Å². The fraction of sp³-hybridized carbons (Fsp3) is 0.143. The predicted octanol–water partition coefficient (Wildman–Crippen LogP) is 4.52. The van der Waals surface area contributed by atoms with E-state index >= 15 is 0 Å². The molecule has 2 nitrogen and oxygen atoms in total. The third-order valence-electron chi connectivity index (χ3n) is 4.31. The van der Waals surface area contributed by atoms with E-state index in [1.54, 1.807) is 0 Å². The van der Waals surface area contributed by atoms with Crippen LogP contribution in [0.3, 0.4) is 0 Å². The van der Waals surface area contributed by atoms with Crippen LogP contribution in [0.1, 0.15) is 30.1 Å². The van der Waals surface area contributed by atoms with Gasteiger partial charge in [0.1, 0.15) is 6.17 Å². The zero-order chi connectivity index (χ0) is 15.5. The lowest BCUT2D eigenvalue weighted by atomic mass is 10.0. The highest BCUT2D eigenvalue weighted by Gasteiger charge is 2.26. The molecule has 23 heavy (non-hydrogen) atoms. The van der Waals surface area contributed by atoms with Crippen LogP contribution in [0.2, 0.25) is 0 Å². The molecule has 4 rings (SSSR count). The lowest BCUT2D eigenvalue weighted by Gasteiger charge is -2.15. The second kappa shape index (κ2) is 6.17. The van der Waals surface area contributed by atoms with Gasteiger partial charge in [-0.2, -0.15) is 0 Å². The number of rotatable bonds is 3. The zero-order valence-corrected chi connectivity index (χ0v) is 13.0. The van der Waals surface area contributed by atoms with Crippen molar-refractivity contribution in [1.82, 2.24) is 10.6 Å². The maximum Gasteiger partial charge on any atom is 0.123 e. The van der Waals surface area contributed by atoms with Gasteiger partial charge in [0.25, 0.3) is 0 Å². The van der Waals surface area contributed by atoms with E-state index in [1.165, 1.54) is 28.1 Å². The highest BCUT2D eigenvalue weighted by Crippen LogP contribution is 2.32. The predicted molar refractivity (Wildman–Crippen MR) is 95.3 cm³/mol. The molecule has 0 fully saturated rings. The summed E-state index contributed by atoms with van der Waals surface area (Å²) < 4.78 is 0. The summed E-state index contributed by atoms with van der Waals surface area (Å²) in [7, 11) is 0. The summed E-state index contributed by atoms with van der Waals surface area (Å²) in [5.41, 5.74) is 6.11. The summed E-state index contributed by atoms with van der Waals surface area (Å²) in [5.74, 6) is 0. The standard InChI is InChI=1S/C21H20N2/c1-4-10-16(11-5-1)19-20(17-12-6-2-7-13-17)23-21(22-19)18-14-8-3-9-15-18/h1,3-6,8-15,21-23H,2,7H2. The Morgan fingerprint density at radius 1 is 0.739 bits per heavy atom. The second-order valence-corrected chi connectivity index (χ2v) is 5.89. The summed E-state index contributed by atoms with van der Waals surface area (Å²) in [5, 5.41) is 7.34. The number of allylic oxidation sites excluding steroid dienone is 3. The van der Waals surface area contributed by atoms with E-state index in [-0.39, 0.29) is 6.17 Å². The van der Waals surface area contributed by atoms with E-state index in [4.69, 9.17) is 0 Å². The fourth-order valence-electron chi connectivity index (χ4n) is 3.14. The Hall–Kier alpha value is -2.74. The van der Waals surface area contributed by atoms with Crippen LogP contribution in [0.15, 0.2) is 90.2 Å². The monoisotopic (exact) mass is 300 g/mol. The summed E-state index contributed by atoms with van der Waals surface area (Å²) in [4.78, 5) is 0. The van der Waals surface area contributed by atoms with E-state index in [2.05, 4.69) is 89.5 Å². The van der Waals surface area contributed by atoms with Gasteiger partial charge in [-0.15, -0.1) is 0 Å². The molecule has 0 bridgehead atoms. The van der Waals surface area contributed by atoms with Crippen molar-refractivity contribution in [3.05, 3.63) is 101 Å². The van der Waals surface area contributed by atoms with Gasteiger partial charge in [-0.05, 0) is 29.5 Å². The number of hydrogen-bond donors (Lipinski definition) is 2. The van der Waals surface area contributed by atoms with Crippen LogP contribution in [-0.2, 0) is 0 Å². The Kier molecular flexibility index (Phi) is 3.73. The first-order valence-electron chi connectivity index (χ1n) is 8.16. The minimum Gasteiger partial charge on any atom is -0.359 e. The van der Waals surface area contributed by atoms with Gasteiger partial charge in [0.15, 0.2) is 0 Å². The Labute approximate surface area is 137 Å². The highest BCUT2D eigenvalue weighted by molar-refractivity contribution is 5.74. The van der Waals surface area contributed by atoms with Gasteiger partial charge < -0.3 is 10.6 Å². The number of hydrogen-bond acceptors (Lipinski definition) is 2. The van der Waals surface area contributed by atoms with Crippen molar-refractivity contribution in [3.63, 3.8) is 0 Å². The molecule has 2 aliphatic rings. The number of benzene rings is 2. The average molecular weight is 300 g/mol. The van der Waals surface area contributed by atoms with Crippen molar-refractivity contribution in [2.45, 2.75) is 19.0 Å². The molecule has 1 atom stereocenters. The normalized spacial score (nSPS) is 20.0. The third kappa shape index (κ3) is 2.80. The smallest absolute Gasteiger partial charge is 0.123 e. The van der Waals surface area contributed by atoms with Gasteiger partial charge in [-0.1, -0.05) is 78.9 Å². The molecule has 114 valence electrons. The van der Waals surface area contributed by atoms with Crippen LogP contribution in [0.5, 0.6) is 0 Å². The maximum absolute atomic E-state index is 3.67. The zero-order valence-electron chi connectivity index (χ0n) is 13.0. The van der Waals surface area contributed by atoms with Crippen LogP contribution >= 0.6 is 0 Å². The van der Waals surface area contributed by atoms with Crippen LogP contribution in [0.25, 0.3) is 5.70 Å². The lowest BCUT2D eigenvalue weighted by molar-refractivity contribution is 0.602. The maximum atomic E-state index is 3.67. The lowest BCUT2D eigenvalue weighted by Crippen LogP contribution is -2.23. The number of nitrogens with one attached hydrogen (secondary N) is 2. The largest absolute Gasteiger partial charge is 0.359 e. The van der Waals surface area contributed by atoms with Gasteiger partial charge >= 0.3 is 0 Å². The average Bonchev–Trinajstić information content (AvgIpc) is 3.09. The molecular weight excluding hydrogens is 280 g/mol. The van der Waals surface area contributed by atoms with Gasteiger partial charge in [-0.3, -0.25) is 0 Å². The van der Waals surface area contributed by atoms with Crippen molar-refractivity contribution in [1.29, 1.82) is 0 Å². The first-order chi connectivity index (χ1) is 11.4. The van der Waals surface area contributed by atoms with Crippen molar-refractivity contribution in [2.24, 2.45) is 0 Å². The molecule has 2 aromatic carbocycles. The molecule has 0 saturated heterocycles. The molecule has 1 heterocycles. The van der Waals surface area contributed by atoms with E-state index in [0.717, 1.165) is 12.8 Å². The summed E-state index contributed by atoms with van der Waals surface area (Å²) in [6.45, 7) is 0. The topological polar surface area (TPSA) is 24.1 Å². The first-order valence-corrected chi connectivity index (χ1v) is 8.16. The van der Waals surface area contributed by atoms with Gasteiger partial charge in [0.2, 0.25) is 0 Å². The van der Waals surface area contributed by atoms with Crippen molar-refractivity contribution >= 4 is 5.70 Å². The van der Waals surface area contributed by atoms with Crippen LogP contribution in [-0.4, -0.2) is 0 Å². The molecule has 0 spiro atoms. The van der Waals surface area contributed by atoms with Crippen molar-refractivity contribution < 1.29 is 0 Å². The van der Waals surface area contributed by atoms with Gasteiger partial charge in [0, 0.05) is 0 Å². The molecular formula is C21H20N2. The Morgan fingerprint density at radius 2 is 1.43 bits per heavy atom. The van der Waals surface area contributed by atoms with Crippen molar-refractivity contribution in [3.8, 4) is 0 Å². The summed E-state index contributed by atoms with van der Waals surface area (Å²) in [6.07, 6.45) is 9.15. The Bertz CT molecular complexity index is 770. The van der Waals surface area contributed by atoms with Crippen LogP contribution < -0.4 is 10.6 Å². The molecule has 0 amide bonds. The SMILES string of the molecule is C1=CC(C2=C(c3ccccc3)NC(c3ccccc3)N2)=CCC1. The van der Waals surface area contributed by atoms with E-state index in [1.807, 2.05) is 0 Å². The summed E-state index contributed by atoms with van der Waals surface area (Å²) >= 11 is 0. The molecule has 2 heteroatoms. The Morgan fingerprint density at radius 3 is 2.13 bits per heavy atom. The minimum absolute atomic E-state index is 0.109. The van der Waals surface area contributed by atoms with E-state index in [9.17, 15) is 0 Å². The Balaban J connectivity index is 1.73. The molecule has 0 aromatic heterocycles. The molecule has 1 aliphatic carbocycles. The van der Waals surface area contributed by atoms with Crippen molar-refractivity contribution in [2.75, 3.05) is 0 Å². The molecule has 0 radical (unpaired) electrons. The van der Waals surface area contributed by atoms with Gasteiger partial charge in [-0.25, -0.2) is 0 Å². The molecule has 0 saturated carbocycles. The van der Waals surface area contributed by atoms with Crippen LogP contribution in [0.4, 0.5) is 0 Å². The molecule has 2 N–H and O–H groups in total. The third-order valence-corrected chi connectivity index (χ3v) is 4.31. The van der Waals surface area contributed by atoms with Gasteiger partial charge in [0.05, 0.1) is 11.4 Å². The van der Waals surface area contributed by atoms with E-state index < -0.39 is 0 Å². The molecule has 1 aliphatic heterocycles. The second-order valence-electron chi connectivity index (χ2n) is 5.89. The molecule has 1 unspecified atom stereocenters. The van der Waals surface area contributed by atoms with Crippen LogP contribution in [0, 0.1) is 0 Å². The minimum atomic E-state index is 0.109. The fourth-order valence-corrected chi connectivity index (χ4v) is 3.14. The molecule has 2 aromatic rings. The quantitative estimate of drug-likeness (QED) is 0.870. The first kappa shape index (κ1) is 13.9.